The van der Waals surface area contributed by atoms with Crippen LogP contribution in [0.3, 0.4) is 0 Å². The zero-order valence-electron chi connectivity index (χ0n) is 16.6. The first-order valence-electron chi connectivity index (χ1n) is 9.73. The van der Waals surface area contributed by atoms with Crippen molar-refractivity contribution in [1.82, 2.24) is 19.7 Å². The van der Waals surface area contributed by atoms with Crippen LogP contribution in [-0.4, -0.2) is 37.6 Å². The number of nitrogens with one attached hydrogen (secondary N) is 1. The predicted molar refractivity (Wildman–Crippen MR) is 115 cm³/mol. The number of aromatic amines is 1. The molecule has 0 radical (unpaired) electrons. The number of hydrogen-bond donors (Lipinski definition) is 1. The van der Waals surface area contributed by atoms with Gasteiger partial charge in [0, 0.05) is 28.4 Å². The summed E-state index contributed by atoms with van der Waals surface area (Å²) in [7, 11) is 0. The van der Waals surface area contributed by atoms with E-state index in [0.717, 1.165) is 16.5 Å². The van der Waals surface area contributed by atoms with Crippen LogP contribution >= 0.6 is 11.8 Å². The molecule has 4 aromatic rings. The number of rotatable bonds is 7. The lowest BCUT2D eigenvalue weighted by molar-refractivity contribution is -0.142. The fourth-order valence-corrected chi connectivity index (χ4v) is 4.23. The summed E-state index contributed by atoms with van der Waals surface area (Å²) < 4.78 is 20.6. The summed E-state index contributed by atoms with van der Waals surface area (Å²) in [5.41, 5.74) is 2.56. The molecular formula is C22H21FN4O2S. The summed E-state index contributed by atoms with van der Waals surface area (Å²) in [6, 6.07) is 14.0. The first-order valence-corrected chi connectivity index (χ1v) is 10.6. The molecule has 0 saturated carbocycles. The largest absolute Gasteiger partial charge is 0.465 e. The number of esters is 1. The molecule has 6 nitrogen and oxygen atoms in total. The number of H-pyrrole nitrogens is 1. The average molecular weight is 425 g/mol. The van der Waals surface area contributed by atoms with Gasteiger partial charge in [-0.05, 0) is 43.7 Å². The van der Waals surface area contributed by atoms with E-state index in [1.165, 1.54) is 23.9 Å². The van der Waals surface area contributed by atoms with E-state index in [4.69, 9.17) is 4.74 Å². The van der Waals surface area contributed by atoms with Crippen molar-refractivity contribution in [1.29, 1.82) is 0 Å². The lowest BCUT2D eigenvalue weighted by atomic mass is 10.1. The van der Waals surface area contributed by atoms with E-state index in [-0.39, 0.29) is 11.8 Å². The molecule has 2 aromatic heterocycles. The lowest BCUT2D eigenvalue weighted by Gasteiger charge is -2.14. The molecule has 0 aliphatic heterocycles. The van der Waals surface area contributed by atoms with Crippen molar-refractivity contribution in [3.63, 3.8) is 0 Å². The number of benzene rings is 2. The predicted octanol–water partition coefficient (Wildman–Crippen LogP) is 4.99. The summed E-state index contributed by atoms with van der Waals surface area (Å²) in [5, 5.41) is 9.93. The molecule has 2 aromatic carbocycles. The standard InChI is InChI=1S/C22H21FN4O2S/c1-3-19(21(28)29-4-2)30-22-26-25-20(27(22)15-11-9-14(23)10-12-15)17-13-24-18-8-6-5-7-16(17)18/h5-13,19,24H,3-4H2,1-2H3/t19-/m0/s1. The van der Waals surface area contributed by atoms with Gasteiger partial charge >= 0.3 is 5.97 Å². The van der Waals surface area contributed by atoms with Gasteiger partial charge in [0.1, 0.15) is 11.1 Å². The van der Waals surface area contributed by atoms with Crippen molar-refractivity contribution < 1.29 is 13.9 Å². The van der Waals surface area contributed by atoms with Crippen LogP contribution in [0.4, 0.5) is 4.39 Å². The molecule has 0 bridgehead atoms. The summed E-state index contributed by atoms with van der Waals surface area (Å²) in [4.78, 5) is 15.6. The maximum absolute atomic E-state index is 13.6. The van der Waals surface area contributed by atoms with E-state index in [2.05, 4.69) is 15.2 Å². The highest BCUT2D eigenvalue weighted by atomic mass is 32.2. The Morgan fingerprint density at radius 3 is 2.67 bits per heavy atom. The topological polar surface area (TPSA) is 72.8 Å². The van der Waals surface area contributed by atoms with E-state index in [9.17, 15) is 9.18 Å². The Labute approximate surface area is 177 Å². The van der Waals surface area contributed by atoms with Gasteiger partial charge in [-0.1, -0.05) is 36.9 Å². The summed E-state index contributed by atoms with van der Waals surface area (Å²) in [6.07, 6.45) is 2.47. The number of fused-ring (bicyclic) bond motifs is 1. The van der Waals surface area contributed by atoms with E-state index >= 15 is 0 Å². The lowest BCUT2D eigenvalue weighted by Crippen LogP contribution is -2.20. The van der Waals surface area contributed by atoms with Crippen molar-refractivity contribution in [2.75, 3.05) is 6.61 Å². The zero-order chi connectivity index (χ0) is 21.1. The van der Waals surface area contributed by atoms with Gasteiger partial charge in [0.25, 0.3) is 0 Å². The van der Waals surface area contributed by atoms with Gasteiger partial charge in [-0.15, -0.1) is 10.2 Å². The normalized spacial score (nSPS) is 12.2. The highest BCUT2D eigenvalue weighted by Crippen LogP contribution is 2.34. The minimum Gasteiger partial charge on any atom is -0.465 e. The summed E-state index contributed by atoms with van der Waals surface area (Å²) >= 11 is 1.30. The summed E-state index contributed by atoms with van der Waals surface area (Å²) in [6.45, 7) is 4.03. The van der Waals surface area contributed by atoms with Crippen LogP contribution in [0.5, 0.6) is 0 Å². The molecule has 1 atom stereocenters. The third kappa shape index (κ3) is 3.82. The second-order valence-corrected chi connectivity index (χ2v) is 7.80. The van der Waals surface area contributed by atoms with Crippen LogP contribution in [0, 0.1) is 5.82 Å². The second-order valence-electron chi connectivity index (χ2n) is 6.63. The van der Waals surface area contributed by atoms with Gasteiger partial charge in [-0.3, -0.25) is 9.36 Å². The Balaban J connectivity index is 1.83. The average Bonchev–Trinajstić information content (AvgIpc) is 3.36. The van der Waals surface area contributed by atoms with Gasteiger partial charge in [0.2, 0.25) is 0 Å². The van der Waals surface area contributed by atoms with Gasteiger partial charge in [0.15, 0.2) is 11.0 Å². The van der Waals surface area contributed by atoms with Crippen molar-refractivity contribution in [2.24, 2.45) is 0 Å². The molecular weight excluding hydrogens is 403 g/mol. The van der Waals surface area contributed by atoms with Crippen LogP contribution in [0.2, 0.25) is 0 Å². The number of hydrogen-bond acceptors (Lipinski definition) is 5. The second kappa shape index (κ2) is 8.71. The van der Waals surface area contributed by atoms with E-state index in [0.29, 0.717) is 29.7 Å². The molecule has 0 amide bonds. The molecule has 2 heterocycles. The van der Waals surface area contributed by atoms with E-state index in [1.54, 1.807) is 19.1 Å². The minimum atomic E-state index is -0.413. The number of ether oxygens (including phenoxy) is 1. The molecule has 30 heavy (non-hydrogen) atoms. The Kier molecular flexibility index (Phi) is 5.85. The number of halogens is 1. The number of nitrogens with zero attached hydrogens (tertiary/aromatic N) is 3. The fourth-order valence-electron chi connectivity index (χ4n) is 3.26. The SMILES string of the molecule is CCOC(=O)[C@H](CC)Sc1nnc(-c2c[nH]c3ccccc23)n1-c1ccc(F)cc1. The van der Waals surface area contributed by atoms with Crippen molar-refractivity contribution in [3.8, 4) is 17.1 Å². The molecule has 154 valence electrons. The minimum absolute atomic E-state index is 0.285. The molecule has 1 N–H and O–H groups in total. The highest BCUT2D eigenvalue weighted by molar-refractivity contribution is 8.00. The third-order valence-corrected chi connectivity index (χ3v) is 6.00. The zero-order valence-corrected chi connectivity index (χ0v) is 17.4. The third-order valence-electron chi connectivity index (χ3n) is 4.72. The van der Waals surface area contributed by atoms with Crippen LogP contribution in [0.1, 0.15) is 20.3 Å². The molecule has 0 spiro atoms. The van der Waals surface area contributed by atoms with E-state index < -0.39 is 5.25 Å². The smallest absolute Gasteiger partial charge is 0.319 e. The van der Waals surface area contributed by atoms with Gasteiger partial charge in [-0.25, -0.2) is 4.39 Å². The number of carbonyl (C=O) groups excluding carboxylic acids is 1. The van der Waals surface area contributed by atoms with Gasteiger partial charge in [-0.2, -0.15) is 0 Å². The highest BCUT2D eigenvalue weighted by Gasteiger charge is 2.25. The monoisotopic (exact) mass is 424 g/mol. The molecule has 8 heteroatoms. The van der Waals surface area contributed by atoms with Crippen molar-refractivity contribution in [2.45, 2.75) is 30.7 Å². The molecule has 4 rings (SSSR count). The first kappa shape index (κ1) is 20.2. The van der Waals surface area contributed by atoms with Crippen molar-refractivity contribution in [3.05, 3.63) is 60.5 Å². The van der Waals surface area contributed by atoms with Gasteiger partial charge < -0.3 is 9.72 Å². The van der Waals surface area contributed by atoms with Crippen LogP contribution < -0.4 is 0 Å². The number of carbonyl (C=O) groups is 1. The van der Waals surface area contributed by atoms with Crippen LogP contribution in [-0.2, 0) is 9.53 Å². The first-order chi connectivity index (χ1) is 14.6. The Hall–Kier alpha value is -3.13. The van der Waals surface area contributed by atoms with Crippen LogP contribution in [0.15, 0.2) is 59.9 Å². The Bertz CT molecular complexity index is 1170. The number of para-hydroxylation sites is 1. The molecule has 0 fully saturated rings. The molecule has 0 aliphatic carbocycles. The van der Waals surface area contributed by atoms with Gasteiger partial charge in [0.05, 0.1) is 6.61 Å². The molecule has 0 saturated heterocycles. The Morgan fingerprint density at radius 2 is 1.93 bits per heavy atom. The molecule has 0 aliphatic rings. The van der Waals surface area contributed by atoms with E-state index in [1.807, 2.05) is 42.0 Å². The number of aromatic nitrogens is 4. The maximum atomic E-state index is 13.6. The molecule has 0 unspecified atom stereocenters. The number of thioether (sulfide) groups is 1. The Morgan fingerprint density at radius 1 is 1.17 bits per heavy atom. The quantitative estimate of drug-likeness (QED) is 0.334. The van der Waals surface area contributed by atoms with Crippen LogP contribution in [0.25, 0.3) is 28.0 Å². The summed E-state index contributed by atoms with van der Waals surface area (Å²) in [5.74, 6) is 0.000186. The fraction of sp³-hybridized carbons (Fsp3) is 0.227. The van der Waals surface area contributed by atoms with Crippen molar-refractivity contribution >= 4 is 28.6 Å². The maximum Gasteiger partial charge on any atom is 0.319 e.